The fourth-order valence-electron chi connectivity index (χ4n) is 4.22. The molecule has 0 bridgehead atoms. The van der Waals surface area contributed by atoms with Crippen LogP contribution in [0.25, 0.3) is 0 Å². The van der Waals surface area contributed by atoms with Gasteiger partial charge in [-0.1, -0.05) is 105 Å². The van der Waals surface area contributed by atoms with Crippen molar-refractivity contribution >= 4 is 5.78 Å². The maximum absolute atomic E-state index is 13.7. The first-order chi connectivity index (χ1) is 15.1. The molecule has 3 aromatic rings. The van der Waals surface area contributed by atoms with E-state index in [0.29, 0.717) is 5.92 Å². The molecule has 0 N–H and O–H groups in total. The number of hydrogen-bond acceptors (Lipinski definition) is 3. The number of Topliss-reactive ketones (excluding diaryl/α,β-unsaturated/α-hetero) is 1. The lowest BCUT2D eigenvalue weighted by Crippen LogP contribution is -2.43. The zero-order valence-electron chi connectivity index (χ0n) is 18.4. The fourth-order valence-corrected chi connectivity index (χ4v) is 4.22. The third-order valence-electron chi connectivity index (χ3n) is 5.82. The van der Waals surface area contributed by atoms with E-state index in [-0.39, 0.29) is 24.0 Å². The van der Waals surface area contributed by atoms with Crippen LogP contribution in [-0.2, 0) is 22.6 Å². The molecule has 4 rings (SSSR count). The second kappa shape index (κ2) is 10.0. The summed E-state index contributed by atoms with van der Waals surface area (Å²) in [4.78, 5) is 16.0. The molecule has 1 saturated heterocycles. The quantitative estimate of drug-likeness (QED) is 0.393. The van der Waals surface area contributed by atoms with Gasteiger partial charge in [-0.3, -0.25) is 9.69 Å². The van der Waals surface area contributed by atoms with Gasteiger partial charge in [0.15, 0.2) is 5.78 Å². The maximum atomic E-state index is 13.7. The molecule has 0 radical (unpaired) electrons. The van der Waals surface area contributed by atoms with E-state index in [4.69, 9.17) is 4.74 Å². The van der Waals surface area contributed by atoms with Gasteiger partial charge in [-0.2, -0.15) is 0 Å². The average Bonchev–Trinajstić information content (AvgIpc) is 3.60. The van der Waals surface area contributed by atoms with Crippen LogP contribution >= 0.6 is 0 Å². The van der Waals surface area contributed by atoms with Crippen LogP contribution < -0.4 is 0 Å². The van der Waals surface area contributed by atoms with E-state index in [1.807, 2.05) is 42.5 Å². The van der Waals surface area contributed by atoms with Gasteiger partial charge in [0.25, 0.3) is 0 Å². The summed E-state index contributed by atoms with van der Waals surface area (Å²) in [6.07, 6.45) is 0.360. The topological polar surface area (TPSA) is 32.8 Å². The molecule has 3 heteroatoms. The molecule has 1 fully saturated rings. The van der Waals surface area contributed by atoms with E-state index in [9.17, 15) is 4.79 Å². The van der Waals surface area contributed by atoms with Crippen molar-refractivity contribution in [3.8, 4) is 0 Å². The second-order valence-electron chi connectivity index (χ2n) is 8.81. The van der Waals surface area contributed by atoms with Crippen LogP contribution in [0.4, 0.5) is 0 Å². The molecule has 0 aromatic heterocycles. The van der Waals surface area contributed by atoms with Gasteiger partial charge in [-0.05, 0) is 29.0 Å². The molecule has 1 heterocycles. The van der Waals surface area contributed by atoms with Gasteiger partial charge in [0, 0.05) is 13.1 Å². The number of epoxide rings is 1. The predicted octanol–water partition coefficient (Wildman–Crippen LogP) is 5.81. The Bertz CT molecular complexity index is 915. The third-order valence-corrected chi connectivity index (χ3v) is 5.82. The highest BCUT2D eigenvalue weighted by Crippen LogP contribution is 2.41. The minimum Gasteiger partial charge on any atom is -0.356 e. The van der Waals surface area contributed by atoms with Gasteiger partial charge in [0.05, 0.1) is 6.04 Å². The first-order valence-corrected chi connectivity index (χ1v) is 11.2. The standard InChI is InChI=1S/C28H31NO2/c1-21(2)18-25(26(30)28-27(31-28)24-16-10-5-11-17-24)29(19-22-12-6-3-7-13-22)20-23-14-8-4-9-15-23/h3-17,21,25,27-28H,18-20H2,1-2H3/t25-,27+,28+/m0/s1. The Balaban J connectivity index is 1.58. The van der Waals surface area contributed by atoms with Crippen LogP contribution in [-0.4, -0.2) is 22.8 Å². The Kier molecular flexibility index (Phi) is 6.96. The number of nitrogens with zero attached hydrogens (tertiary/aromatic N) is 1. The highest BCUT2D eigenvalue weighted by molar-refractivity contribution is 5.91. The number of rotatable bonds is 10. The van der Waals surface area contributed by atoms with Gasteiger partial charge < -0.3 is 4.74 Å². The normalized spacial score (nSPS) is 18.8. The van der Waals surface area contributed by atoms with Crippen molar-refractivity contribution in [3.05, 3.63) is 108 Å². The number of carbonyl (C=O) groups is 1. The molecule has 3 atom stereocenters. The van der Waals surface area contributed by atoms with Crippen molar-refractivity contribution in [1.29, 1.82) is 0 Å². The van der Waals surface area contributed by atoms with Crippen molar-refractivity contribution in [2.75, 3.05) is 0 Å². The summed E-state index contributed by atoms with van der Waals surface area (Å²) in [7, 11) is 0. The highest BCUT2D eigenvalue weighted by Gasteiger charge is 2.49. The first kappa shape index (κ1) is 21.5. The SMILES string of the molecule is CC(C)C[C@@H](C(=O)[C@H]1O[C@@H]1c1ccccc1)N(Cc1ccccc1)Cc1ccccc1. The van der Waals surface area contributed by atoms with Crippen molar-refractivity contribution in [1.82, 2.24) is 4.90 Å². The minimum absolute atomic E-state index is 0.112. The zero-order chi connectivity index (χ0) is 21.6. The summed E-state index contributed by atoms with van der Waals surface area (Å²) in [5.41, 5.74) is 3.52. The van der Waals surface area contributed by atoms with Crippen LogP contribution in [0.5, 0.6) is 0 Å². The molecule has 0 spiro atoms. The smallest absolute Gasteiger partial charge is 0.181 e. The molecule has 0 unspecified atom stereocenters. The molecule has 0 saturated carbocycles. The Labute approximate surface area is 185 Å². The van der Waals surface area contributed by atoms with Crippen LogP contribution in [0, 0.1) is 5.92 Å². The van der Waals surface area contributed by atoms with E-state index in [1.165, 1.54) is 11.1 Å². The summed E-state index contributed by atoms with van der Waals surface area (Å²) in [6, 6.07) is 30.7. The number of ether oxygens (including phenoxy) is 1. The zero-order valence-corrected chi connectivity index (χ0v) is 18.4. The Morgan fingerprint density at radius 1 is 0.806 bits per heavy atom. The van der Waals surface area contributed by atoms with Crippen LogP contribution in [0.2, 0.25) is 0 Å². The predicted molar refractivity (Wildman–Crippen MR) is 124 cm³/mol. The molecule has 0 aliphatic carbocycles. The lowest BCUT2D eigenvalue weighted by molar-refractivity contribution is -0.126. The van der Waals surface area contributed by atoms with Gasteiger partial charge in [-0.25, -0.2) is 0 Å². The van der Waals surface area contributed by atoms with Gasteiger partial charge >= 0.3 is 0 Å². The number of ketones is 1. The molecule has 31 heavy (non-hydrogen) atoms. The number of benzene rings is 3. The third kappa shape index (κ3) is 5.69. The van der Waals surface area contributed by atoms with Crippen LogP contribution in [0.3, 0.4) is 0 Å². The molecule has 0 amide bonds. The van der Waals surface area contributed by atoms with Crippen molar-refractivity contribution < 1.29 is 9.53 Å². The van der Waals surface area contributed by atoms with Crippen LogP contribution in [0.1, 0.15) is 43.1 Å². The lowest BCUT2D eigenvalue weighted by atomic mass is 9.94. The summed E-state index contributed by atoms with van der Waals surface area (Å²) in [5, 5.41) is 0. The first-order valence-electron chi connectivity index (χ1n) is 11.2. The maximum Gasteiger partial charge on any atom is 0.181 e. The summed E-state index contributed by atoms with van der Waals surface area (Å²) >= 11 is 0. The molecule has 3 aromatic carbocycles. The average molecular weight is 414 g/mol. The Morgan fingerprint density at radius 2 is 1.29 bits per heavy atom. The molecular formula is C28H31NO2. The second-order valence-corrected chi connectivity index (χ2v) is 8.81. The summed E-state index contributed by atoms with van der Waals surface area (Å²) in [5.74, 6) is 0.617. The van der Waals surface area contributed by atoms with E-state index < -0.39 is 0 Å². The monoisotopic (exact) mass is 413 g/mol. The molecule has 3 nitrogen and oxygen atoms in total. The Morgan fingerprint density at radius 3 is 1.77 bits per heavy atom. The lowest BCUT2D eigenvalue weighted by Gasteiger charge is -2.32. The van der Waals surface area contributed by atoms with Gasteiger partial charge in [0.1, 0.15) is 12.2 Å². The van der Waals surface area contributed by atoms with E-state index in [1.54, 1.807) is 0 Å². The largest absolute Gasteiger partial charge is 0.356 e. The minimum atomic E-state index is -0.347. The van der Waals surface area contributed by atoms with Gasteiger partial charge in [0.2, 0.25) is 0 Å². The number of hydrogen-bond donors (Lipinski definition) is 0. The van der Waals surface area contributed by atoms with Gasteiger partial charge in [-0.15, -0.1) is 0 Å². The molecule has 1 aliphatic rings. The Hall–Kier alpha value is -2.75. The van der Waals surface area contributed by atoms with Crippen molar-refractivity contribution in [2.45, 2.75) is 51.6 Å². The molecule has 1 aliphatic heterocycles. The summed E-state index contributed by atoms with van der Waals surface area (Å²) in [6.45, 7) is 5.85. The molecule has 160 valence electrons. The van der Waals surface area contributed by atoms with E-state index in [0.717, 1.165) is 25.1 Å². The van der Waals surface area contributed by atoms with E-state index >= 15 is 0 Å². The summed E-state index contributed by atoms with van der Waals surface area (Å²) < 4.78 is 5.90. The fraction of sp³-hybridized carbons (Fsp3) is 0.321. The highest BCUT2D eigenvalue weighted by atomic mass is 16.6. The molecular weight excluding hydrogens is 382 g/mol. The number of carbonyl (C=O) groups excluding carboxylic acids is 1. The van der Waals surface area contributed by atoms with Crippen molar-refractivity contribution in [2.24, 2.45) is 5.92 Å². The van der Waals surface area contributed by atoms with Crippen LogP contribution in [0.15, 0.2) is 91.0 Å². The van der Waals surface area contributed by atoms with Crippen molar-refractivity contribution in [3.63, 3.8) is 0 Å². The van der Waals surface area contributed by atoms with E-state index in [2.05, 4.69) is 67.3 Å².